The molecule has 70 valence electrons. The molecule has 0 amide bonds. The molecule has 3 heteroatoms. The lowest BCUT2D eigenvalue weighted by Crippen LogP contribution is -3.00. The Labute approximate surface area is 79.9 Å². The van der Waals surface area contributed by atoms with Gasteiger partial charge in [-0.3, -0.25) is 0 Å². The van der Waals surface area contributed by atoms with Crippen LogP contribution in [0.5, 0.6) is 0 Å². The summed E-state index contributed by atoms with van der Waals surface area (Å²) in [5.41, 5.74) is 0. The summed E-state index contributed by atoms with van der Waals surface area (Å²) in [5, 5.41) is 0. The van der Waals surface area contributed by atoms with E-state index in [2.05, 4.69) is 20.8 Å². The molecule has 0 aliphatic heterocycles. The summed E-state index contributed by atoms with van der Waals surface area (Å²) < 4.78 is 13.0. The minimum Gasteiger partial charge on any atom is -1.00 e. The predicted octanol–water partition coefficient (Wildman–Crippen LogP) is -1.16. The number of hydrogen-bond acceptors (Lipinski definition) is 0. The number of halogens is 2. The van der Waals surface area contributed by atoms with E-state index in [1.807, 2.05) is 0 Å². The summed E-state index contributed by atoms with van der Waals surface area (Å²) in [6.45, 7) is 10.0. The van der Waals surface area contributed by atoms with E-state index in [1.165, 1.54) is 0 Å². The molecule has 1 nitrogen and oxygen atoms in total. The first-order chi connectivity index (χ1) is 4.74. The van der Waals surface area contributed by atoms with E-state index in [0.29, 0.717) is 6.54 Å². The molecular formula is C8H19BrFN. The molecule has 0 unspecified atom stereocenters. The lowest BCUT2D eigenvalue weighted by Gasteiger charge is -2.34. The van der Waals surface area contributed by atoms with Crippen LogP contribution in [0.25, 0.3) is 0 Å². The molecule has 11 heavy (non-hydrogen) atoms. The third-order valence-electron chi connectivity index (χ3n) is 2.57. The zero-order valence-electron chi connectivity index (χ0n) is 7.74. The number of nitrogens with zero attached hydrogens (tertiary/aromatic N) is 1. The molecule has 0 N–H and O–H groups in total. The minimum absolute atomic E-state index is 0. The van der Waals surface area contributed by atoms with E-state index in [-0.39, 0.29) is 23.7 Å². The van der Waals surface area contributed by atoms with Crippen LogP contribution >= 0.6 is 0 Å². The zero-order valence-corrected chi connectivity index (χ0v) is 9.32. The topological polar surface area (TPSA) is 0 Å². The number of quaternary nitrogens is 1. The highest BCUT2D eigenvalue weighted by Crippen LogP contribution is 2.04. The Bertz CT molecular complexity index is 75.9. The SMILES string of the molecule is CC[N+](CC)(CC)CCF.[Br-]. The maximum atomic E-state index is 12.0. The molecule has 0 saturated carbocycles. The molecule has 0 bridgehead atoms. The number of alkyl halides is 1. The fraction of sp³-hybridized carbons (Fsp3) is 1.00. The van der Waals surface area contributed by atoms with Crippen molar-refractivity contribution in [3.05, 3.63) is 0 Å². The third-order valence-corrected chi connectivity index (χ3v) is 2.57. The summed E-state index contributed by atoms with van der Waals surface area (Å²) in [6, 6.07) is 0. The number of rotatable bonds is 5. The van der Waals surface area contributed by atoms with Gasteiger partial charge >= 0.3 is 0 Å². The molecule has 0 heterocycles. The molecule has 0 aromatic carbocycles. The van der Waals surface area contributed by atoms with Crippen molar-refractivity contribution in [3.63, 3.8) is 0 Å². The highest BCUT2D eigenvalue weighted by molar-refractivity contribution is 4.35. The largest absolute Gasteiger partial charge is 1.00 e. The number of hydrogen-bond donors (Lipinski definition) is 0. The van der Waals surface area contributed by atoms with Crippen LogP contribution < -0.4 is 17.0 Å². The standard InChI is InChI=1S/C8H19FN.BrH/c1-4-10(5-2,6-3)8-7-9;/h4-8H2,1-3H3;1H/q+1;/p-1. The summed E-state index contributed by atoms with van der Waals surface area (Å²) in [7, 11) is 0. The predicted molar refractivity (Wildman–Crippen MR) is 42.7 cm³/mol. The van der Waals surface area contributed by atoms with Crippen LogP contribution in [-0.2, 0) is 0 Å². The van der Waals surface area contributed by atoms with Gasteiger partial charge in [-0.15, -0.1) is 0 Å². The van der Waals surface area contributed by atoms with Gasteiger partial charge in [0.15, 0.2) is 0 Å². The first kappa shape index (κ1) is 13.9. The average Bonchev–Trinajstić information content (AvgIpc) is 2.01. The molecule has 0 atom stereocenters. The maximum absolute atomic E-state index is 12.0. The van der Waals surface area contributed by atoms with Crippen molar-refractivity contribution in [2.45, 2.75) is 20.8 Å². The lowest BCUT2D eigenvalue weighted by atomic mass is 10.3. The molecule has 0 aliphatic carbocycles. The fourth-order valence-electron chi connectivity index (χ4n) is 1.32. The molecular weight excluding hydrogens is 209 g/mol. The summed E-state index contributed by atoms with van der Waals surface area (Å²) >= 11 is 0. The van der Waals surface area contributed by atoms with Gasteiger partial charge in [0.05, 0.1) is 19.6 Å². The van der Waals surface area contributed by atoms with Gasteiger partial charge in [-0.1, -0.05) is 0 Å². The molecule has 0 fully saturated rings. The van der Waals surface area contributed by atoms with Crippen molar-refractivity contribution < 1.29 is 25.9 Å². The van der Waals surface area contributed by atoms with E-state index < -0.39 is 0 Å². The Kier molecular flexibility index (Phi) is 8.92. The van der Waals surface area contributed by atoms with Crippen molar-refractivity contribution in [2.24, 2.45) is 0 Å². The van der Waals surface area contributed by atoms with Gasteiger partial charge in [0.2, 0.25) is 0 Å². The second kappa shape index (κ2) is 7.04. The van der Waals surface area contributed by atoms with E-state index >= 15 is 0 Å². The van der Waals surface area contributed by atoms with E-state index in [4.69, 9.17) is 0 Å². The fourth-order valence-corrected chi connectivity index (χ4v) is 1.32. The molecule has 0 rings (SSSR count). The Morgan fingerprint density at radius 1 is 1.00 bits per heavy atom. The van der Waals surface area contributed by atoms with Crippen molar-refractivity contribution in [2.75, 3.05) is 32.9 Å². The Hall–Kier alpha value is 0.370. The highest BCUT2D eigenvalue weighted by Gasteiger charge is 2.19. The zero-order chi connectivity index (χ0) is 8.04. The third kappa shape index (κ3) is 4.06. The average molecular weight is 228 g/mol. The van der Waals surface area contributed by atoms with Crippen molar-refractivity contribution in [1.29, 1.82) is 0 Å². The van der Waals surface area contributed by atoms with Gasteiger partial charge in [0, 0.05) is 0 Å². The van der Waals surface area contributed by atoms with Crippen molar-refractivity contribution in [3.8, 4) is 0 Å². The first-order valence-electron chi connectivity index (χ1n) is 4.15. The molecule has 0 aliphatic rings. The van der Waals surface area contributed by atoms with E-state index in [9.17, 15) is 4.39 Å². The summed E-state index contributed by atoms with van der Waals surface area (Å²) in [4.78, 5) is 0. The van der Waals surface area contributed by atoms with Crippen LogP contribution in [0.2, 0.25) is 0 Å². The monoisotopic (exact) mass is 227 g/mol. The Balaban J connectivity index is 0. The Morgan fingerprint density at radius 2 is 1.36 bits per heavy atom. The van der Waals surface area contributed by atoms with Gasteiger partial charge in [-0.25, -0.2) is 4.39 Å². The van der Waals surface area contributed by atoms with Gasteiger partial charge < -0.3 is 21.5 Å². The van der Waals surface area contributed by atoms with E-state index in [0.717, 1.165) is 24.1 Å². The van der Waals surface area contributed by atoms with Crippen LogP contribution in [0.4, 0.5) is 4.39 Å². The van der Waals surface area contributed by atoms with Crippen LogP contribution in [0.3, 0.4) is 0 Å². The van der Waals surface area contributed by atoms with Gasteiger partial charge in [-0.05, 0) is 20.8 Å². The van der Waals surface area contributed by atoms with Gasteiger partial charge in [0.25, 0.3) is 0 Å². The van der Waals surface area contributed by atoms with E-state index in [1.54, 1.807) is 0 Å². The molecule has 0 saturated heterocycles. The summed E-state index contributed by atoms with van der Waals surface area (Å²) in [6.07, 6.45) is 0. The van der Waals surface area contributed by atoms with Crippen molar-refractivity contribution in [1.82, 2.24) is 0 Å². The summed E-state index contributed by atoms with van der Waals surface area (Å²) in [5.74, 6) is 0. The van der Waals surface area contributed by atoms with Crippen LogP contribution in [-0.4, -0.2) is 37.3 Å². The molecule has 0 aromatic rings. The minimum atomic E-state index is -0.185. The van der Waals surface area contributed by atoms with Gasteiger partial charge in [-0.2, -0.15) is 0 Å². The highest BCUT2D eigenvalue weighted by atomic mass is 79.9. The van der Waals surface area contributed by atoms with Gasteiger partial charge in [0.1, 0.15) is 13.2 Å². The second-order valence-corrected chi connectivity index (χ2v) is 2.70. The first-order valence-corrected chi connectivity index (χ1v) is 4.15. The molecule has 0 aromatic heterocycles. The molecule has 0 radical (unpaired) electrons. The quantitative estimate of drug-likeness (QED) is 0.520. The maximum Gasteiger partial charge on any atom is 0.138 e. The smallest absolute Gasteiger partial charge is 0.138 e. The second-order valence-electron chi connectivity index (χ2n) is 2.70. The van der Waals surface area contributed by atoms with Crippen LogP contribution in [0.15, 0.2) is 0 Å². The Morgan fingerprint density at radius 3 is 1.45 bits per heavy atom. The van der Waals surface area contributed by atoms with Crippen molar-refractivity contribution >= 4 is 0 Å². The van der Waals surface area contributed by atoms with Crippen LogP contribution in [0.1, 0.15) is 20.8 Å². The normalized spacial score (nSPS) is 10.9. The van der Waals surface area contributed by atoms with Crippen LogP contribution in [0, 0.1) is 0 Å². The molecule has 0 spiro atoms. The lowest BCUT2D eigenvalue weighted by molar-refractivity contribution is -0.923.